The van der Waals surface area contributed by atoms with Gasteiger partial charge in [0.15, 0.2) is 0 Å². The van der Waals surface area contributed by atoms with Gasteiger partial charge in [-0.25, -0.2) is 4.39 Å². The number of hydrogen-bond donors (Lipinski definition) is 1. The summed E-state index contributed by atoms with van der Waals surface area (Å²) in [6, 6.07) is 2.55. The van der Waals surface area contributed by atoms with Gasteiger partial charge in [0.1, 0.15) is 11.6 Å². The fourth-order valence-corrected chi connectivity index (χ4v) is 2.31. The summed E-state index contributed by atoms with van der Waals surface area (Å²) in [6.07, 6.45) is 0. The Kier molecular flexibility index (Phi) is 1.70. The number of halogens is 2. The fraction of sp³-hybridized carbons (Fsp3) is 0. The van der Waals surface area contributed by atoms with Gasteiger partial charge in [-0.1, -0.05) is 11.6 Å². The van der Waals surface area contributed by atoms with Crippen LogP contribution in [0.1, 0.15) is 0 Å². The monoisotopic (exact) mass is 202 g/mol. The lowest BCUT2D eigenvalue weighted by molar-refractivity contribution is 0.471. The van der Waals surface area contributed by atoms with E-state index in [1.807, 2.05) is 0 Å². The third-order valence-electron chi connectivity index (χ3n) is 1.57. The standard InChI is InChI=1S/C8H4ClFOS/c9-5-3-12-7-2-4(11)1-6(10)8(5)7/h1-3,11H. The molecule has 1 aromatic heterocycles. The molecule has 0 aliphatic carbocycles. The van der Waals surface area contributed by atoms with E-state index < -0.39 is 5.82 Å². The molecule has 1 aromatic carbocycles. The molecule has 4 heteroatoms. The van der Waals surface area contributed by atoms with Crippen LogP contribution in [0.3, 0.4) is 0 Å². The number of thiophene rings is 1. The minimum atomic E-state index is -0.476. The Morgan fingerprint density at radius 2 is 2.17 bits per heavy atom. The highest BCUT2D eigenvalue weighted by atomic mass is 35.5. The van der Waals surface area contributed by atoms with Gasteiger partial charge in [-0.05, 0) is 6.07 Å². The first-order chi connectivity index (χ1) is 5.68. The molecule has 0 saturated heterocycles. The van der Waals surface area contributed by atoms with E-state index in [4.69, 9.17) is 16.7 Å². The van der Waals surface area contributed by atoms with Gasteiger partial charge in [-0.2, -0.15) is 0 Å². The second kappa shape index (κ2) is 2.61. The van der Waals surface area contributed by atoms with E-state index in [0.717, 1.165) is 6.07 Å². The Bertz CT molecular complexity index is 438. The molecule has 0 radical (unpaired) electrons. The predicted molar refractivity (Wildman–Crippen MR) is 48.5 cm³/mol. The molecule has 2 rings (SSSR count). The summed E-state index contributed by atoms with van der Waals surface area (Å²) in [5.41, 5.74) is 0. The third kappa shape index (κ3) is 1.06. The highest BCUT2D eigenvalue weighted by Gasteiger charge is 2.08. The number of phenolic OH excluding ortho intramolecular Hbond substituents is 1. The molecule has 1 nitrogen and oxygen atoms in total. The molecule has 0 atom stereocenters. The van der Waals surface area contributed by atoms with Crippen LogP contribution in [0.4, 0.5) is 4.39 Å². The molecule has 0 fully saturated rings. The van der Waals surface area contributed by atoms with E-state index >= 15 is 0 Å². The van der Waals surface area contributed by atoms with Crippen LogP contribution in [0.5, 0.6) is 5.75 Å². The van der Waals surface area contributed by atoms with Crippen molar-refractivity contribution >= 4 is 33.0 Å². The minimum absolute atomic E-state index is 0.0708. The predicted octanol–water partition coefficient (Wildman–Crippen LogP) is 3.40. The lowest BCUT2D eigenvalue weighted by Crippen LogP contribution is -1.74. The zero-order chi connectivity index (χ0) is 8.72. The molecular weight excluding hydrogens is 199 g/mol. The van der Waals surface area contributed by atoms with Gasteiger partial charge in [-0.3, -0.25) is 0 Å². The Morgan fingerprint density at radius 1 is 1.42 bits per heavy atom. The number of phenols is 1. The molecule has 0 aliphatic rings. The van der Waals surface area contributed by atoms with Gasteiger partial charge in [0.25, 0.3) is 0 Å². The van der Waals surface area contributed by atoms with Crippen LogP contribution in [0.15, 0.2) is 17.5 Å². The van der Waals surface area contributed by atoms with Crippen molar-refractivity contribution in [3.63, 3.8) is 0 Å². The van der Waals surface area contributed by atoms with Crippen molar-refractivity contribution in [2.45, 2.75) is 0 Å². The summed E-state index contributed by atoms with van der Waals surface area (Å²) in [5, 5.41) is 11.5. The molecule has 62 valence electrons. The van der Waals surface area contributed by atoms with Crippen LogP contribution in [0.25, 0.3) is 10.1 Å². The number of fused-ring (bicyclic) bond motifs is 1. The van der Waals surface area contributed by atoms with Crippen molar-refractivity contribution in [3.05, 3.63) is 28.4 Å². The van der Waals surface area contributed by atoms with E-state index in [-0.39, 0.29) is 5.75 Å². The summed E-state index contributed by atoms with van der Waals surface area (Å²) in [4.78, 5) is 0. The Labute approximate surface area is 77.0 Å². The first-order valence-corrected chi connectivity index (χ1v) is 4.49. The van der Waals surface area contributed by atoms with Gasteiger partial charge >= 0.3 is 0 Å². The van der Waals surface area contributed by atoms with Crippen LogP contribution >= 0.6 is 22.9 Å². The van der Waals surface area contributed by atoms with Gasteiger partial charge in [0.2, 0.25) is 0 Å². The first kappa shape index (κ1) is 7.83. The van der Waals surface area contributed by atoms with E-state index in [2.05, 4.69) is 0 Å². The Balaban J connectivity index is 2.93. The van der Waals surface area contributed by atoms with Crippen molar-refractivity contribution in [2.75, 3.05) is 0 Å². The van der Waals surface area contributed by atoms with Crippen molar-refractivity contribution in [3.8, 4) is 5.75 Å². The molecule has 0 amide bonds. The maximum absolute atomic E-state index is 13.1. The molecule has 0 bridgehead atoms. The minimum Gasteiger partial charge on any atom is -0.508 e. The zero-order valence-corrected chi connectivity index (χ0v) is 7.42. The van der Waals surface area contributed by atoms with Crippen molar-refractivity contribution < 1.29 is 9.50 Å². The lowest BCUT2D eigenvalue weighted by atomic mass is 10.2. The van der Waals surface area contributed by atoms with Crippen LogP contribution in [0, 0.1) is 5.82 Å². The van der Waals surface area contributed by atoms with Gasteiger partial charge in [0.05, 0.1) is 5.02 Å². The topological polar surface area (TPSA) is 20.2 Å². The third-order valence-corrected chi connectivity index (χ3v) is 2.92. The average Bonchev–Trinajstić information content (AvgIpc) is 2.31. The van der Waals surface area contributed by atoms with Gasteiger partial charge in [-0.15, -0.1) is 11.3 Å². The van der Waals surface area contributed by atoms with Crippen LogP contribution in [0.2, 0.25) is 5.02 Å². The molecule has 0 saturated carbocycles. The molecule has 12 heavy (non-hydrogen) atoms. The van der Waals surface area contributed by atoms with E-state index in [9.17, 15) is 4.39 Å². The van der Waals surface area contributed by atoms with E-state index in [0.29, 0.717) is 15.1 Å². The average molecular weight is 203 g/mol. The summed E-state index contributed by atoms with van der Waals surface area (Å²) in [7, 11) is 0. The largest absolute Gasteiger partial charge is 0.508 e. The maximum atomic E-state index is 13.1. The number of hydrogen-bond acceptors (Lipinski definition) is 2. The van der Waals surface area contributed by atoms with Crippen LogP contribution in [-0.2, 0) is 0 Å². The van der Waals surface area contributed by atoms with Gasteiger partial charge in [0, 0.05) is 21.5 Å². The molecular formula is C8H4ClFOS. The van der Waals surface area contributed by atoms with Crippen molar-refractivity contribution in [1.82, 2.24) is 0 Å². The second-order valence-electron chi connectivity index (χ2n) is 2.38. The highest BCUT2D eigenvalue weighted by molar-refractivity contribution is 7.17. The Hall–Kier alpha value is -0.800. The summed E-state index contributed by atoms with van der Waals surface area (Å²) >= 11 is 7.03. The second-order valence-corrected chi connectivity index (χ2v) is 3.70. The smallest absolute Gasteiger partial charge is 0.137 e. The maximum Gasteiger partial charge on any atom is 0.137 e. The number of benzene rings is 1. The molecule has 2 aromatic rings. The summed E-state index contributed by atoms with van der Waals surface area (Å²) < 4.78 is 13.8. The number of rotatable bonds is 0. The van der Waals surface area contributed by atoms with Gasteiger partial charge < -0.3 is 5.11 Å². The molecule has 1 N–H and O–H groups in total. The van der Waals surface area contributed by atoms with Crippen LogP contribution < -0.4 is 0 Å². The summed E-state index contributed by atoms with van der Waals surface area (Å²) in [5.74, 6) is -0.547. The molecule has 0 unspecified atom stereocenters. The molecule has 1 heterocycles. The molecule has 0 spiro atoms. The van der Waals surface area contributed by atoms with Crippen molar-refractivity contribution in [2.24, 2.45) is 0 Å². The van der Waals surface area contributed by atoms with E-state index in [1.54, 1.807) is 5.38 Å². The SMILES string of the molecule is Oc1cc(F)c2c(Cl)csc2c1. The summed E-state index contributed by atoms with van der Waals surface area (Å²) in [6.45, 7) is 0. The molecule has 0 aliphatic heterocycles. The normalized spacial score (nSPS) is 10.8. The zero-order valence-electron chi connectivity index (χ0n) is 5.84. The lowest BCUT2D eigenvalue weighted by Gasteiger charge is -1.94. The quantitative estimate of drug-likeness (QED) is 0.694. The van der Waals surface area contributed by atoms with E-state index in [1.165, 1.54) is 17.4 Å². The van der Waals surface area contributed by atoms with Crippen LogP contribution in [-0.4, -0.2) is 5.11 Å². The Morgan fingerprint density at radius 3 is 2.92 bits per heavy atom. The fourth-order valence-electron chi connectivity index (χ4n) is 1.07. The first-order valence-electron chi connectivity index (χ1n) is 3.23. The highest BCUT2D eigenvalue weighted by Crippen LogP contribution is 2.34. The number of aromatic hydroxyl groups is 1. The van der Waals surface area contributed by atoms with Crippen molar-refractivity contribution in [1.29, 1.82) is 0 Å².